The van der Waals surface area contributed by atoms with Crippen molar-refractivity contribution in [1.82, 2.24) is 10.6 Å². The highest BCUT2D eigenvalue weighted by molar-refractivity contribution is 5.79. The van der Waals surface area contributed by atoms with Gasteiger partial charge in [-0.1, -0.05) is 17.7 Å². The van der Waals surface area contributed by atoms with Crippen LogP contribution in [0.4, 0.5) is 8.78 Å². The fourth-order valence-corrected chi connectivity index (χ4v) is 2.69. The van der Waals surface area contributed by atoms with E-state index in [0.29, 0.717) is 37.8 Å². The van der Waals surface area contributed by atoms with Crippen molar-refractivity contribution >= 4 is 5.96 Å². The molecular formula is C18H27F2N3O3. The lowest BCUT2D eigenvalue weighted by Gasteiger charge is -2.15. The van der Waals surface area contributed by atoms with Crippen LogP contribution in [-0.4, -0.2) is 52.1 Å². The number of hydrogen-bond donors (Lipinski definition) is 2. The third kappa shape index (κ3) is 7.13. The number of aliphatic imine (C=N–C) groups is 1. The number of benzene rings is 1. The molecule has 1 aromatic carbocycles. The zero-order chi connectivity index (χ0) is 18.8. The second kappa shape index (κ2) is 10.9. The van der Waals surface area contributed by atoms with Gasteiger partial charge in [0.1, 0.15) is 5.75 Å². The van der Waals surface area contributed by atoms with Crippen molar-refractivity contribution in [1.29, 1.82) is 0 Å². The van der Waals surface area contributed by atoms with Crippen molar-refractivity contribution < 1.29 is 23.0 Å². The maximum Gasteiger partial charge on any atom is 0.387 e. The smallest absolute Gasteiger partial charge is 0.387 e. The summed E-state index contributed by atoms with van der Waals surface area (Å²) >= 11 is 0. The van der Waals surface area contributed by atoms with Crippen LogP contribution in [0, 0.1) is 6.92 Å². The van der Waals surface area contributed by atoms with Gasteiger partial charge in [0.2, 0.25) is 0 Å². The lowest BCUT2D eigenvalue weighted by atomic mass is 10.1. The molecule has 0 spiro atoms. The molecule has 0 aliphatic carbocycles. The molecule has 2 rings (SSSR count). The maximum atomic E-state index is 12.5. The number of rotatable bonds is 9. The first-order valence-electron chi connectivity index (χ1n) is 8.76. The summed E-state index contributed by atoms with van der Waals surface area (Å²) in [6, 6.07) is 5.09. The van der Waals surface area contributed by atoms with E-state index < -0.39 is 6.61 Å². The molecule has 26 heavy (non-hydrogen) atoms. The van der Waals surface area contributed by atoms with E-state index in [9.17, 15) is 8.78 Å². The molecule has 1 atom stereocenters. The van der Waals surface area contributed by atoms with E-state index >= 15 is 0 Å². The van der Waals surface area contributed by atoms with E-state index in [1.807, 2.05) is 13.0 Å². The maximum absolute atomic E-state index is 12.5. The SMILES string of the molecule is CN=C(NCCOCC1CCCO1)NCc1cc(C)ccc1OC(F)F. The Morgan fingerprint density at radius 1 is 1.38 bits per heavy atom. The van der Waals surface area contributed by atoms with Crippen LogP contribution in [0.3, 0.4) is 0 Å². The highest BCUT2D eigenvalue weighted by Crippen LogP contribution is 2.21. The molecule has 1 aliphatic rings. The van der Waals surface area contributed by atoms with Crippen LogP contribution in [0.25, 0.3) is 0 Å². The van der Waals surface area contributed by atoms with Crippen LogP contribution in [0.15, 0.2) is 23.2 Å². The Labute approximate surface area is 152 Å². The summed E-state index contributed by atoms with van der Waals surface area (Å²) in [6.07, 6.45) is 2.36. The van der Waals surface area contributed by atoms with Gasteiger partial charge in [0, 0.05) is 32.3 Å². The average Bonchev–Trinajstić information content (AvgIpc) is 3.12. The van der Waals surface area contributed by atoms with Crippen molar-refractivity contribution in [3.63, 3.8) is 0 Å². The quantitative estimate of drug-likeness (QED) is 0.397. The van der Waals surface area contributed by atoms with Gasteiger partial charge in [0.15, 0.2) is 5.96 Å². The molecule has 0 saturated carbocycles. The summed E-state index contributed by atoms with van der Waals surface area (Å²) in [5, 5.41) is 6.22. The van der Waals surface area contributed by atoms with E-state index in [1.54, 1.807) is 19.2 Å². The molecule has 146 valence electrons. The van der Waals surface area contributed by atoms with Crippen molar-refractivity contribution in [2.24, 2.45) is 4.99 Å². The minimum atomic E-state index is -2.85. The number of nitrogens with zero attached hydrogens (tertiary/aromatic N) is 1. The molecule has 1 aromatic rings. The van der Waals surface area contributed by atoms with Gasteiger partial charge in [0.05, 0.1) is 19.3 Å². The van der Waals surface area contributed by atoms with E-state index in [2.05, 4.69) is 20.4 Å². The highest BCUT2D eigenvalue weighted by Gasteiger charge is 2.15. The second-order valence-electron chi connectivity index (χ2n) is 6.05. The van der Waals surface area contributed by atoms with Crippen LogP contribution in [0.5, 0.6) is 5.75 Å². The van der Waals surface area contributed by atoms with Gasteiger partial charge >= 0.3 is 6.61 Å². The molecular weight excluding hydrogens is 344 g/mol. The number of aryl methyl sites for hydroxylation is 1. The molecule has 2 N–H and O–H groups in total. The number of alkyl halides is 2. The predicted molar refractivity (Wildman–Crippen MR) is 95.8 cm³/mol. The van der Waals surface area contributed by atoms with Gasteiger partial charge in [-0.2, -0.15) is 8.78 Å². The van der Waals surface area contributed by atoms with Crippen LogP contribution in [-0.2, 0) is 16.0 Å². The van der Waals surface area contributed by atoms with E-state index in [-0.39, 0.29) is 11.9 Å². The minimum Gasteiger partial charge on any atom is -0.434 e. The Bertz CT molecular complexity index is 579. The molecule has 0 radical (unpaired) electrons. The number of guanidine groups is 1. The molecule has 1 fully saturated rings. The Hall–Kier alpha value is -1.93. The van der Waals surface area contributed by atoms with Crippen molar-refractivity contribution in [3.05, 3.63) is 29.3 Å². The largest absolute Gasteiger partial charge is 0.434 e. The normalized spacial score (nSPS) is 17.6. The Morgan fingerprint density at radius 3 is 2.92 bits per heavy atom. The van der Waals surface area contributed by atoms with Gasteiger partial charge in [-0.05, 0) is 25.8 Å². The average molecular weight is 371 g/mol. The molecule has 0 amide bonds. The van der Waals surface area contributed by atoms with Crippen LogP contribution < -0.4 is 15.4 Å². The fourth-order valence-electron chi connectivity index (χ4n) is 2.69. The number of nitrogens with one attached hydrogen (secondary N) is 2. The monoisotopic (exact) mass is 371 g/mol. The summed E-state index contributed by atoms with van der Waals surface area (Å²) in [5.74, 6) is 0.726. The van der Waals surface area contributed by atoms with Crippen molar-refractivity contribution in [3.8, 4) is 5.75 Å². The molecule has 0 aromatic heterocycles. The summed E-state index contributed by atoms with van der Waals surface area (Å²) in [4.78, 5) is 4.12. The predicted octanol–water partition coefficient (Wildman–Crippen LogP) is 2.46. The van der Waals surface area contributed by atoms with Gasteiger partial charge in [-0.25, -0.2) is 0 Å². The second-order valence-corrected chi connectivity index (χ2v) is 6.05. The summed E-state index contributed by atoms with van der Waals surface area (Å²) in [5.41, 5.74) is 1.61. The lowest BCUT2D eigenvalue weighted by molar-refractivity contribution is -0.0504. The molecule has 0 bridgehead atoms. The van der Waals surface area contributed by atoms with E-state index in [0.717, 1.165) is 25.0 Å². The van der Waals surface area contributed by atoms with Crippen molar-refractivity contribution in [2.45, 2.75) is 39.0 Å². The summed E-state index contributed by atoms with van der Waals surface area (Å²) in [6.45, 7) is 1.90. The van der Waals surface area contributed by atoms with Gasteiger partial charge in [0.25, 0.3) is 0 Å². The van der Waals surface area contributed by atoms with Crippen LogP contribution in [0.2, 0.25) is 0 Å². The fraction of sp³-hybridized carbons (Fsp3) is 0.611. The van der Waals surface area contributed by atoms with E-state index in [1.165, 1.54) is 0 Å². The third-order valence-electron chi connectivity index (χ3n) is 3.97. The first-order valence-corrected chi connectivity index (χ1v) is 8.76. The first kappa shape index (κ1) is 20.4. The first-order chi connectivity index (χ1) is 12.6. The topological polar surface area (TPSA) is 64.1 Å². The number of hydrogen-bond acceptors (Lipinski definition) is 4. The van der Waals surface area contributed by atoms with Gasteiger partial charge in [-0.15, -0.1) is 0 Å². The van der Waals surface area contributed by atoms with Gasteiger partial charge < -0.3 is 24.8 Å². The summed E-state index contributed by atoms with van der Waals surface area (Å²) < 4.78 is 40.7. The lowest BCUT2D eigenvalue weighted by Crippen LogP contribution is -2.38. The zero-order valence-corrected chi connectivity index (χ0v) is 15.3. The standard InChI is InChI=1S/C18H27F2N3O3/c1-13-5-6-16(26-17(19)20)14(10-13)11-23-18(21-2)22-7-9-24-12-15-4-3-8-25-15/h5-6,10,15,17H,3-4,7-9,11-12H2,1-2H3,(H2,21,22,23). The number of halogens is 2. The molecule has 1 unspecified atom stereocenters. The molecule has 1 heterocycles. The minimum absolute atomic E-state index is 0.161. The van der Waals surface area contributed by atoms with Gasteiger partial charge in [-0.3, -0.25) is 4.99 Å². The molecule has 1 saturated heterocycles. The highest BCUT2D eigenvalue weighted by atomic mass is 19.3. The molecule has 1 aliphatic heterocycles. The van der Waals surface area contributed by atoms with Crippen LogP contribution >= 0.6 is 0 Å². The Balaban J connectivity index is 1.73. The zero-order valence-electron chi connectivity index (χ0n) is 15.3. The Kier molecular flexibility index (Phi) is 8.57. The third-order valence-corrected chi connectivity index (χ3v) is 3.97. The van der Waals surface area contributed by atoms with Crippen LogP contribution in [0.1, 0.15) is 24.0 Å². The molecule has 8 heteroatoms. The Morgan fingerprint density at radius 2 is 2.23 bits per heavy atom. The number of ether oxygens (including phenoxy) is 3. The molecule has 6 nitrogen and oxygen atoms in total. The van der Waals surface area contributed by atoms with E-state index in [4.69, 9.17) is 9.47 Å². The van der Waals surface area contributed by atoms with Crippen molar-refractivity contribution in [2.75, 3.05) is 33.4 Å². The summed E-state index contributed by atoms with van der Waals surface area (Å²) in [7, 11) is 1.65.